The summed E-state index contributed by atoms with van der Waals surface area (Å²) in [7, 11) is 0. The van der Waals surface area contributed by atoms with Gasteiger partial charge in [-0.05, 0) is 36.1 Å². The van der Waals surface area contributed by atoms with Crippen LogP contribution in [0.3, 0.4) is 0 Å². The molecule has 2 aromatic rings. The first-order valence-corrected chi connectivity index (χ1v) is 5.40. The standard InChI is InChI=1S/C11H11NS/c1-13-10-6-4-9(5-7-10)11-3-2-8-12-11/h2-8,12H,1H3. The van der Waals surface area contributed by atoms with Crippen LogP contribution in [0.2, 0.25) is 0 Å². The van der Waals surface area contributed by atoms with E-state index in [1.165, 1.54) is 16.2 Å². The number of aromatic nitrogens is 1. The Bertz CT molecular complexity index is 361. The molecule has 1 N–H and O–H groups in total. The highest BCUT2D eigenvalue weighted by Crippen LogP contribution is 2.21. The zero-order valence-electron chi connectivity index (χ0n) is 7.45. The van der Waals surface area contributed by atoms with Gasteiger partial charge in [0.25, 0.3) is 0 Å². The SMILES string of the molecule is CSc1ccc(-c2ccc[nH]2)cc1. The molecule has 0 radical (unpaired) electrons. The quantitative estimate of drug-likeness (QED) is 0.716. The van der Waals surface area contributed by atoms with Crippen molar-refractivity contribution < 1.29 is 0 Å². The molecule has 1 heterocycles. The van der Waals surface area contributed by atoms with Crippen molar-refractivity contribution in [1.82, 2.24) is 4.98 Å². The summed E-state index contributed by atoms with van der Waals surface area (Å²) in [5.74, 6) is 0. The van der Waals surface area contributed by atoms with Gasteiger partial charge in [0, 0.05) is 16.8 Å². The number of thioether (sulfide) groups is 1. The average molecular weight is 189 g/mol. The second-order valence-electron chi connectivity index (χ2n) is 2.81. The molecular formula is C11H11NS. The molecule has 2 rings (SSSR count). The van der Waals surface area contributed by atoms with E-state index < -0.39 is 0 Å². The maximum absolute atomic E-state index is 3.18. The van der Waals surface area contributed by atoms with Crippen LogP contribution in [-0.4, -0.2) is 11.2 Å². The summed E-state index contributed by atoms with van der Waals surface area (Å²) in [6.07, 6.45) is 4.03. The van der Waals surface area contributed by atoms with E-state index in [9.17, 15) is 0 Å². The van der Waals surface area contributed by atoms with E-state index in [1.54, 1.807) is 11.8 Å². The molecule has 1 nitrogen and oxygen atoms in total. The lowest BCUT2D eigenvalue weighted by Crippen LogP contribution is -1.76. The summed E-state index contributed by atoms with van der Waals surface area (Å²) in [5.41, 5.74) is 2.41. The summed E-state index contributed by atoms with van der Waals surface area (Å²) in [4.78, 5) is 4.49. The molecule has 0 atom stereocenters. The normalized spacial score (nSPS) is 10.2. The highest BCUT2D eigenvalue weighted by Gasteiger charge is 1.96. The van der Waals surface area contributed by atoms with E-state index in [0.29, 0.717) is 0 Å². The van der Waals surface area contributed by atoms with Crippen LogP contribution < -0.4 is 0 Å². The van der Waals surface area contributed by atoms with E-state index in [0.717, 1.165) is 0 Å². The van der Waals surface area contributed by atoms with Gasteiger partial charge in [0.05, 0.1) is 0 Å². The largest absolute Gasteiger partial charge is 0.361 e. The van der Waals surface area contributed by atoms with Crippen LogP contribution in [0.5, 0.6) is 0 Å². The fraction of sp³-hybridized carbons (Fsp3) is 0.0909. The van der Waals surface area contributed by atoms with Crippen molar-refractivity contribution in [3.8, 4) is 11.3 Å². The Morgan fingerprint density at radius 2 is 1.85 bits per heavy atom. The molecule has 0 fully saturated rings. The van der Waals surface area contributed by atoms with Gasteiger partial charge in [-0.15, -0.1) is 11.8 Å². The topological polar surface area (TPSA) is 15.8 Å². The summed E-state index contributed by atoms with van der Waals surface area (Å²) in [5, 5.41) is 0. The molecule has 0 unspecified atom stereocenters. The predicted molar refractivity (Wildman–Crippen MR) is 58.0 cm³/mol. The third kappa shape index (κ3) is 1.78. The Kier molecular flexibility index (Phi) is 2.41. The second-order valence-corrected chi connectivity index (χ2v) is 3.69. The van der Waals surface area contributed by atoms with Gasteiger partial charge in [-0.25, -0.2) is 0 Å². The minimum atomic E-state index is 1.17. The van der Waals surface area contributed by atoms with E-state index >= 15 is 0 Å². The molecule has 0 aliphatic rings. The maximum atomic E-state index is 3.18. The molecule has 0 bridgehead atoms. The Balaban J connectivity index is 2.33. The average Bonchev–Trinajstić information content (AvgIpc) is 2.71. The molecule has 0 spiro atoms. The van der Waals surface area contributed by atoms with Crippen molar-refractivity contribution in [2.24, 2.45) is 0 Å². The third-order valence-corrected chi connectivity index (χ3v) is 2.74. The Morgan fingerprint density at radius 3 is 2.38 bits per heavy atom. The maximum Gasteiger partial charge on any atom is 0.0453 e. The highest BCUT2D eigenvalue weighted by atomic mass is 32.2. The van der Waals surface area contributed by atoms with Crippen molar-refractivity contribution in [2.75, 3.05) is 6.26 Å². The number of hydrogen-bond donors (Lipinski definition) is 1. The molecule has 1 aromatic carbocycles. The van der Waals surface area contributed by atoms with Crippen molar-refractivity contribution in [2.45, 2.75) is 4.90 Å². The van der Waals surface area contributed by atoms with Gasteiger partial charge in [-0.2, -0.15) is 0 Å². The first-order chi connectivity index (χ1) is 6.40. The Labute approximate surface area is 82.2 Å². The minimum Gasteiger partial charge on any atom is -0.361 e. The lowest BCUT2D eigenvalue weighted by molar-refractivity contribution is 1.38. The van der Waals surface area contributed by atoms with Gasteiger partial charge < -0.3 is 4.98 Å². The van der Waals surface area contributed by atoms with E-state index in [2.05, 4.69) is 41.6 Å². The van der Waals surface area contributed by atoms with Crippen LogP contribution in [0.1, 0.15) is 0 Å². The lowest BCUT2D eigenvalue weighted by atomic mass is 10.2. The molecule has 13 heavy (non-hydrogen) atoms. The number of aromatic amines is 1. The van der Waals surface area contributed by atoms with Gasteiger partial charge >= 0.3 is 0 Å². The molecule has 2 heteroatoms. The Hall–Kier alpha value is -1.15. The summed E-state index contributed by atoms with van der Waals surface area (Å²) in [6.45, 7) is 0. The van der Waals surface area contributed by atoms with Gasteiger partial charge in [0.1, 0.15) is 0 Å². The van der Waals surface area contributed by atoms with Gasteiger partial charge in [-0.1, -0.05) is 12.1 Å². The first-order valence-electron chi connectivity index (χ1n) is 4.18. The summed E-state index contributed by atoms with van der Waals surface area (Å²) in [6, 6.07) is 12.6. The van der Waals surface area contributed by atoms with E-state index in [1.807, 2.05) is 12.3 Å². The van der Waals surface area contributed by atoms with Crippen LogP contribution in [0.4, 0.5) is 0 Å². The predicted octanol–water partition coefficient (Wildman–Crippen LogP) is 3.40. The van der Waals surface area contributed by atoms with Gasteiger partial charge in [-0.3, -0.25) is 0 Å². The number of nitrogens with one attached hydrogen (secondary N) is 1. The van der Waals surface area contributed by atoms with Crippen molar-refractivity contribution in [3.05, 3.63) is 42.6 Å². The van der Waals surface area contributed by atoms with Gasteiger partial charge in [0.15, 0.2) is 0 Å². The molecule has 0 aliphatic heterocycles. The fourth-order valence-corrected chi connectivity index (χ4v) is 1.69. The third-order valence-electron chi connectivity index (χ3n) is 2.00. The number of rotatable bonds is 2. The van der Waals surface area contributed by atoms with E-state index in [4.69, 9.17) is 0 Å². The van der Waals surface area contributed by atoms with Crippen LogP contribution >= 0.6 is 11.8 Å². The molecule has 0 amide bonds. The zero-order valence-corrected chi connectivity index (χ0v) is 8.27. The number of H-pyrrole nitrogens is 1. The summed E-state index contributed by atoms with van der Waals surface area (Å²) < 4.78 is 0. The van der Waals surface area contributed by atoms with Crippen LogP contribution in [0.15, 0.2) is 47.5 Å². The van der Waals surface area contributed by atoms with Crippen molar-refractivity contribution >= 4 is 11.8 Å². The van der Waals surface area contributed by atoms with Gasteiger partial charge in [0.2, 0.25) is 0 Å². The van der Waals surface area contributed by atoms with Crippen molar-refractivity contribution in [3.63, 3.8) is 0 Å². The van der Waals surface area contributed by atoms with E-state index in [-0.39, 0.29) is 0 Å². The monoisotopic (exact) mass is 189 g/mol. The summed E-state index contributed by atoms with van der Waals surface area (Å²) >= 11 is 1.76. The zero-order chi connectivity index (χ0) is 9.10. The second kappa shape index (κ2) is 3.71. The molecule has 0 saturated carbocycles. The number of benzene rings is 1. The smallest absolute Gasteiger partial charge is 0.0453 e. The van der Waals surface area contributed by atoms with Crippen LogP contribution in [0.25, 0.3) is 11.3 Å². The minimum absolute atomic E-state index is 1.17. The molecule has 66 valence electrons. The Morgan fingerprint density at radius 1 is 1.08 bits per heavy atom. The lowest BCUT2D eigenvalue weighted by Gasteiger charge is -1.99. The van der Waals surface area contributed by atoms with Crippen LogP contribution in [0, 0.1) is 0 Å². The number of hydrogen-bond acceptors (Lipinski definition) is 1. The fourth-order valence-electron chi connectivity index (χ4n) is 1.28. The molecule has 0 aliphatic carbocycles. The first kappa shape index (κ1) is 8.45. The highest BCUT2D eigenvalue weighted by molar-refractivity contribution is 7.98. The molecular weight excluding hydrogens is 178 g/mol. The van der Waals surface area contributed by atoms with Crippen molar-refractivity contribution in [1.29, 1.82) is 0 Å². The van der Waals surface area contributed by atoms with Crippen LogP contribution in [-0.2, 0) is 0 Å². The molecule has 0 saturated heterocycles. The molecule has 1 aromatic heterocycles.